The maximum Gasteiger partial charge on any atom is 0.392 e. The Hall–Kier alpha value is -3.00. The van der Waals surface area contributed by atoms with Gasteiger partial charge in [0.15, 0.2) is 5.65 Å². The molecule has 3 aliphatic carbocycles. The highest BCUT2D eigenvalue weighted by molar-refractivity contribution is 5.82. The number of nitrogens with one attached hydrogen (secondary N) is 2. The second-order valence-corrected chi connectivity index (χ2v) is 12.0. The fourth-order valence-corrected chi connectivity index (χ4v) is 5.69. The molecule has 5 rings (SSSR count). The molecule has 0 bridgehead atoms. The first-order chi connectivity index (χ1) is 19.5. The van der Waals surface area contributed by atoms with Gasteiger partial charge in [-0.1, -0.05) is 6.92 Å². The molecule has 2 aromatic heterocycles. The number of aromatic nitrogens is 3. The van der Waals surface area contributed by atoms with Crippen molar-refractivity contribution in [3.8, 4) is 0 Å². The second-order valence-electron chi connectivity index (χ2n) is 12.0. The molecule has 3 fully saturated rings. The average molecular weight is 610 g/mol. The third-order valence-corrected chi connectivity index (χ3v) is 8.58. The van der Waals surface area contributed by atoms with Gasteiger partial charge >= 0.3 is 12.4 Å². The molecule has 42 heavy (non-hydrogen) atoms. The highest BCUT2D eigenvalue weighted by atomic mass is 19.4. The number of rotatable bonds is 9. The second kappa shape index (κ2) is 10.9. The first-order valence-electron chi connectivity index (χ1n) is 14.0. The van der Waals surface area contributed by atoms with Crippen LogP contribution in [0.25, 0.3) is 5.65 Å². The van der Waals surface area contributed by atoms with Crippen molar-refractivity contribution in [1.82, 2.24) is 25.2 Å². The van der Waals surface area contributed by atoms with E-state index in [-0.39, 0.29) is 36.5 Å². The predicted molar refractivity (Wildman–Crippen MR) is 132 cm³/mol. The van der Waals surface area contributed by atoms with Gasteiger partial charge in [-0.25, -0.2) is 18.3 Å². The van der Waals surface area contributed by atoms with Gasteiger partial charge in [-0.05, 0) is 55.6 Å². The van der Waals surface area contributed by atoms with E-state index >= 15 is 0 Å². The Labute approximate surface area is 235 Å². The van der Waals surface area contributed by atoms with Crippen molar-refractivity contribution in [3.05, 3.63) is 29.7 Å². The summed E-state index contributed by atoms with van der Waals surface area (Å²) < 4.78 is 107. The maximum atomic E-state index is 13.9. The molecule has 15 heteroatoms. The predicted octanol–water partition coefficient (Wildman–Crippen LogP) is 6.07. The van der Waals surface area contributed by atoms with Crippen LogP contribution < -0.4 is 10.6 Å². The third-order valence-electron chi connectivity index (χ3n) is 8.58. The molecular formula is C27H31F8N5O2. The lowest BCUT2D eigenvalue weighted by Gasteiger charge is -2.33. The van der Waals surface area contributed by atoms with E-state index in [1.165, 1.54) is 16.9 Å². The molecule has 2 unspecified atom stereocenters. The minimum Gasteiger partial charge on any atom is -0.349 e. The normalized spacial score (nSPS) is 25.1. The van der Waals surface area contributed by atoms with Gasteiger partial charge < -0.3 is 10.6 Å². The van der Waals surface area contributed by atoms with Crippen molar-refractivity contribution < 1.29 is 44.7 Å². The number of nitrogens with zero attached hydrogens (tertiary/aromatic N) is 3. The molecule has 3 saturated carbocycles. The number of fused-ring (bicyclic) bond motifs is 1. The lowest BCUT2D eigenvalue weighted by molar-refractivity contribution is -0.174. The molecular weight excluding hydrogens is 578 g/mol. The molecule has 2 heterocycles. The number of hydrogen-bond acceptors (Lipinski definition) is 4. The SMILES string of the molecule is C[C@@H](CC(=O)N[C@@H](c1cnn2cc([C@@H](NC(=O)C3CC3C(F)(F)F)C3CCC(F)(F)CC3)nc2c1)C1CC1)C(F)(F)F. The van der Waals surface area contributed by atoms with E-state index in [0.717, 1.165) is 19.8 Å². The van der Waals surface area contributed by atoms with Crippen molar-refractivity contribution in [2.45, 2.75) is 88.6 Å². The molecule has 2 amide bonds. The maximum absolute atomic E-state index is 13.9. The molecule has 0 spiro atoms. The van der Waals surface area contributed by atoms with E-state index in [1.807, 2.05) is 0 Å². The zero-order valence-electron chi connectivity index (χ0n) is 22.6. The summed E-state index contributed by atoms with van der Waals surface area (Å²) in [5.74, 6) is -9.72. The monoisotopic (exact) mass is 609 g/mol. The minimum absolute atomic E-state index is 0.00453. The van der Waals surface area contributed by atoms with E-state index in [2.05, 4.69) is 20.7 Å². The number of carbonyl (C=O) groups is 2. The van der Waals surface area contributed by atoms with E-state index in [1.54, 1.807) is 6.07 Å². The van der Waals surface area contributed by atoms with Crippen LogP contribution in [0.3, 0.4) is 0 Å². The average Bonchev–Trinajstić information content (AvgIpc) is 3.80. The smallest absolute Gasteiger partial charge is 0.349 e. The minimum atomic E-state index is -4.51. The summed E-state index contributed by atoms with van der Waals surface area (Å²) in [4.78, 5) is 29.7. The number of carbonyl (C=O) groups excluding carboxylic acids is 2. The van der Waals surface area contributed by atoms with Crippen molar-refractivity contribution in [1.29, 1.82) is 0 Å². The lowest BCUT2D eigenvalue weighted by atomic mass is 9.81. The highest BCUT2D eigenvalue weighted by Gasteiger charge is 2.59. The van der Waals surface area contributed by atoms with Crippen LogP contribution in [0.4, 0.5) is 35.1 Å². The number of halogens is 8. The summed E-state index contributed by atoms with van der Waals surface area (Å²) in [7, 11) is 0. The summed E-state index contributed by atoms with van der Waals surface area (Å²) in [6.45, 7) is 0.931. The quantitative estimate of drug-likeness (QED) is 0.338. The Kier molecular flexibility index (Phi) is 7.92. The summed E-state index contributed by atoms with van der Waals surface area (Å²) in [5, 5.41) is 9.62. The van der Waals surface area contributed by atoms with Crippen LogP contribution >= 0.6 is 0 Å². The van der Waals surface area contributed by atoms with Crippen LogP contribution in [-0.4, -0.2) is 44.7 Å². The first kappa shape index (κ1) is 30.5. The van der Waals surface area contributed by atoms with Gasteiger partial charge in [-0.3, -0.25) is 9.59 Å². The molecule has 2 N–H and O–H groups in total. The number of amides is 2. The Morgan fingerprint density at radius 1 is 1.02 bits per heavy atom. The molecule has 232 valence electrons. The molecule has 0 saturated heterocycles. The Balaban J connectivity index is 1.36. The van der Waals surface area contributed by atoms with Gasteiger partial charge in [-0.15, -0.1) is 0 Å². The molecule has 0 aromatic carbocycles. The summed E-state index contributed by atoms with van der Waals surface area (Å²) in [6, 6.07) is 0.0818. The van der Waals surface area contributed by atoms with Crippen LogP contribution in [0.5, 0.6) is 0 Å². The number of imidazole rings is 1. The Bertz CT molecular complexity index is 1310. The molecule has 3 aliphatic rings. The van der Waals surface area contributed by atoms with Crippen LogP contribution in [0.1, 0.15) is 81.6 Å². The Morgan fingerprint density at radius 3 is 2.24 bits per heavy atom. The van der Waals surface area contributed by atoms with Crippen LogP contribution in [0.2, 0.25) is 0 Å². The topological polar surface area (TPSA) is 88.4 Å². The van der Waals surface area contributed by atoms with E-state index < -0.39 is 85.1 Å². The molecule has 0 radical (unpaired) electrons. The third kappa shape index (κ3) is 6.96. The summed E-state index contributed by atoms with van der Waals surface area (Å²) in [6.07, 6.45) is -6.44. The molecule has 7 nitrogen and oxygen atoms in total. The number of hydrogen-bond donors (Lipinski definition) is 2. The van der Waals surface area contributed by atoms with E-state index in [0.29, 0.717) is 5.56 Å². The van der Waals surface area contributed by atoms with Crippen LogP contribution in [0, 0.1) is 29.6 Å². The Morgan fingerprint density at radius 2 is 1.67 bits per heavy atom. The zero-order valence-corrected chi connectivity index (χ0v) is 22.6. The van der Waals surface area contributed by atoms with Crippen molar-refractivity contribution in [2.75, 3.05) is 0 Å². The molecule has 0 aliphatic heterocycles. The van der Waals surface area contributed by atoms with Crippen LogP contribution in [0.15, 0.2) is 18.5 Å². The van der Waals surface area contributed by atoms with E-state index in [4.69, 9.17) is 0 Å². The highest BCUT2D eigenvalue weighted by Crippen LogP contribution is 2.51. The van der Waals surface area contributed by atoms with Crippen LogP contribution in [-0.2, 0) is 9.59 Å². The van der Waals surface area contributed by atoms with Gasteiger partial charge in [0.2, 0.25) is 17.7 Å². The fourth-order valence-electron chi connectivity index (χ4n) is 5.69. The summed E-state index contributed by atoms with van der Waals surface area (Å²) in [5.41, 5.74) is 1.03. The van der Waals surface area contributed by atoms with Gasteiger partial charge in [-0.2, -0.15) is 31.4 Å². The van der Waals surface area contributed by atoms with Crippen molar-refractivity contribution >= 4 is 17.5 Å². The van der Waals surface area contributed by atoms with Gasteiger partial charge in [0, 0.05) is 19.3 Å². The van der Waals surface area contributed by atoms with Crippen molar-refractivity contribution in [2.24, 2.45) is 29.6 Å². The fraction of sp³-hybridized carbons (Fsp3) is 0.704. The lowest BCUT2D eigenvalue weighted by Crippen LogP contribution is -2.38. The summed E-state index contributed by atoms with van der Waals surface area (Å²) >= 11 is 0. The van der Waals surface area contributed by atoms with E-state index in [9.17, 15) is 44.7 Å². The van der Waals surface area contributed by atoms with Gasteiger partial charge in [0.1, 0.15) is 0 Å². The molecule has 2 aromatic rings. The first-order valence-corrected chi connectivity index (χ1v) is 14.0. The van der Waals surface area contributed by atoms with Gasteiger partial charge in [0.25, 0.3) is 0 Å². The van der Waals surface area contributed by atoms with Gasteiger partial charge in [0.05, 0.1) is 47.9 Å². The zero-order chi connectivity index (χ0) is 30.6. The largest absolute Gasteiger partial charge is 0.392 e. The molecule has 5 atom stereocenters. The number of alkyl halides is 8. The standard InChI is InChI=1S/C27H31F8N5O2/c1-13(26(30,31)32)8-21(41)38-22(14-2-3-14)16-9-20-37-19(12-40(20)36-11-16)23(15-4-6-25(28,29)7-5-15)39-24(42)17-10-18(17)27(33,34)35/h9,11-15,17-18,22-23H,2-8,10H2,1H3,(H,38,41)(H,39,42)/t13-,17?,18?,22+,23-/m0/s1. The van der Waals surface area contributed by atoms with Crippen molar-refractivity contribution in [3.63, 3.8) is 0 Å².